The molecule has 26 heavy (non-hydrogen) atoms. The van der Waals surface area contributed by atoms with Gasteiger partial charge in [0.05, 0.1) is 25.7 Å². The maximum absolute atomic E-state index is 11.5. The first kappa shape index (κ1) is 18.7. The highest BCUT2D eigenvalue weighted by molar-refractivity contribution is 7.08. The van der Waals surface area contributed by atoms with Gasteiger partial charge in [-0.3, -0.25) is 9.69 Å². The largest absolute Gasteiger partial charge is 0.493 e. The zero-order valence-corrected chi connectivity index (χ0v) is 16.0. The number of aliphatic carboxylic acids is 1. The molecule has 0 bridgehead atoms. The number of hydrogen-bond acceptors (Lipinski definition) is 5. The van der Waals surface area contributed by atoms with Crippen LogP contribution >= 0.6 is 11.3 Å². The molecule has 1 fully saturated rings. The van der Waals surface area contributed by atoms with E-state index < -0.39 is 5.97 Å². The average molecular weight is 375 g/mol. The van der Waals surface area contributed by atoms with Crippen LogP contribution in [0, 0.1) is 5.92 Å². The molecule has 0 spiro atoms. The third-order valence-electron chi connectivity index (χ3n) is 4.83. The maximum atomic E-state index is 11.5. The van der Waals surface area contributed by atoms with Crippen molar-refractivity contribution in [1.82, 2.24) is 4.90 Å². The molecule has 1 N–H and O–H groups in total. The van der Waals surface area contributed by atoms with E-state index in [0.29, 0.717) is 18.9 Å². The molecule has 2 heterocycles. The Bertz CT molecular complexity index is 731. The zero-order chi connectivity index (χ0) is 18.5. The summed E-state index contributed by atoms with van der Waals surface area (Å²) < 4.78 is 11.2. The van der Waals surface area contributed by atoms with Gasteiger partial charge in [0.2, 0.25) is 0 Å². The molecule has 0 saturated carbocycles. The van der Waals surface area contributed by atoms with Crippen molar-refractivity contribution < 1.29 is 19.4 Å². The molecule has 1 saturated heterocycles. The number of carbonyl (C=O) groups is 1. The molecule has 5 nitrogen and oxygen atoms in total. The third-order valence-corrected chi connectivity index (χ3v) is 5.53. The molecule has 140 valence electrons. The van der Waals surface area contributed by atoms with Crippen LogP contribution in [-0.2, 0) is 4.79 Å². The Morgan fingerprint density at radius 2 is 2.19 bits per heavy atom. The summed E-state index contributed by atoms with van der Waals surface area (Å²) in [6, 6.07) is 8.14. The highest BCUT2D eigenvalue weighted by atomic mass is 32.1. The van der Waals surface area contributed by atoms with Crippen molar-refractivity contribution in [2.75, 3.05) is 26.8 Å². The molecule has 3 rings (SSSR count). The van der Waals surface area contributed by atoms with Crippen LogP contribution in [-0.4, -0.2) is 42.8 Å². The zero-order valence-electron chi connectivity index (χ0n) is 15.2. The predicted molar refractivity (Wildman–Crippen MR) is 102 cm³/mol. The molecule has 1 aliphatic rings. The van der Waals surface area contributed by atoms with Gasteiger partial charge in [0, 0.05) is 6.54 Å². The summed E-state index contributed by atoms with van der Waals surface area (Å²) in [5.74, 6) is 0.416. The van der Waals surface area contributed by atoms with Gasteiger partial charge in [-0.2, -0.15) is 11.3 Å². The lowest BCUT2D eigenvalue weighted by Crippen LogP contribution is -2.41. The second-order valence-electron chi connectivity index (χ2n) is 6.47. The minimum absolute atomic E-state index is 0.0213. The summed E-state index contributed by atoms with van der Waals surface area (Å²) in [4.78, 5) is 13.8. The SMILES string of the molecule is CCOc1ccc(C(c2ccsc2)N2CCCC(C(=O)O)C2)cc1OC. The van der Waals surface area contributed by atoms with Crippen LogP contribution < -0.4 is 9.47 Å². The Balaban J connectivity index is 1.96. The van der Waals surface area contributed by atoms with Crippen molar-refractivity contribution in [3.8, 4) is 11.5 Å². The highest BCUT2D eigenvalue weighted by Gasteiger charge is 2.31. The first-order valence-electron chi connectivity index (χ1n) is 8.93. The van der Waals surface area contributed by atoms with Crippen LogP contribution in [0.15, 0.2) is 35.0 Å². The summed E-state index contributed by atoms with van der Waals surface area (Å²) in [5.41, 5.74) is 2.28. The van der Waals surface area contributed by atoms with Gasteiger partial charge in [-0.15, -0.1) is 0 Å². The Morgan fingerprint density at radius 1 is 1.35 bits per heavy atom. The Morgan fingerprint density at radius 3 is 2.85 bits per heavy atom. The topological polar surface area (TPSA) is 59.0 Å². The Labute approximate surface area is 158 Å². The standard InChI is InChI=1S/C20H25NO4S/c1-3-25-17-7-6-14(11-18(17)24-2)19(16-8-10-26-13-16)21-9-4-5-15(12-21)20(22)23/h6-8,10-11,13,15,19H,3-5,9,12H2,1-2H3,(H,22,23). The fraction of sp³-hybridized carbons (Fsp3) is 0.450. The Kier molecular flexibility index (Phi) is 6.16. The van der Waals surface area contributed by atoms with E-state index in [9.17, 15) is 9.90 Å². The van der Waals surface area contributed by atoms with Gasteiger partial charge in [-0.05, 0) is 66.4 Å². The number of likely N-dealkylation sites (tertiary alicyclic amines) is 1. The summed E-state index contributed by atoms with van der Waals surface area (Å²) in [6.07, 6.45) is 1.64. The van der Waals surface area contributed by atoms with Crippen molar-refractivity contribution >= 4 is 17.3 Å². The highest BCUT2D eigenvalue weighted by Crippen LogP contribution is 2.37. The molecular formula is C20H25NO4S. The lowest BCUT2D eigenvalue weighted by atomic mass is 9.92. The smallest absolute Gasteiger partial charge is 0.307 e. The van der Waals surface area contributed by atoms with Crippen molar-refractivity contribution in [3.05, 3.63) is 46.2 Å². The molecule has 0 aliphatic carbocycles. The van der Waals surface area contributed by atoms with Gasteiger partial charge in [0.15, 0.2) is 11.5 Å². The summed E-state index contributed by atoms with van der Waals surface area (Å²) in [5, 5.41) is 13.7. The van der Waals surface area contributed by atoms with Gasteiger partial charge in [-0.25, -0.2) is 0 Å². The summed E-state index contributed by atoms with van der Waals surface area (Å²) in [6.45, 7) is 3.97. The molecule has 2 unspecified atom stereocenters. The van der Waals surface area contributed by atoms with Crippen LogP contribution in [0.2, 0.25) is 0 Å². The van der Waals surface area contributed by atoms with Crippen LogP contribution in [0.5, 0.6) is 11.5 Å². The van der Waals surface area contributed by atoms with Gasteiger partial charge in [0.25, 0.3) is 0 Å². The van der Waals surface area contributed by atoms with Crippen LogP contribution in [0.25, 0.3) is 0 Å². The van der Waals surface area contributed by atoms with E-state index in [0.717, 1.165) is 30.7 Å². The number of methoxy groups -OCH3 is 1. The van der Waals surface area contributed by atoms with Crippen LogP contribution in [0.1, 0.15) is 36.9 Å². The number of thiophene rings is 1. The quantitative estimate of drug-likeness (QED) is 0.791. The second-order valence-corrected chi connectivity index (χ2v) is 7.25. The number of ether oxygens (including phenoxy) is 2. The lowest BCUT2D eigenvalue weighted by molar-refractivity contribution is -0.143. The predicted octanol–water partition coefficient (Wildman–Crippen LogP) is 4.04. The molecule has 1 aromatic heterocycles. The van der Waals surface area contributed by atoms with Gasteiger partial charge in [-0.1, -0.05) is 6.07 Å². The number of benzene rings is 1. The minimum atomic E-state index is -0.706. The first-order chi connectivity index (χ1) is 12.6. The van der Waals surface area contributed by atoms with E-state index >= 15 is 0 Å². The number of carboxylic acid groups (broad SMARTS) is 1. The number of piperidine rings is 1. The van der Waals surface area contributed by atoms with E-state index in [4.69, 9.17) is 9.47 Å². The monoisotopic (exact) mass is 375 g/mol. The normalized spacial score (nSPS) is 19.1. The van der Waals surface area contributed by atoms with Crippen LogP contribution in [0.3, 0.4) is 0 Å². The fourth-order valence-electron chi connectivity index (χ4n) is 3.62. The van der Waals surface area contributed by atoms with Crippen LogP contribution in [0.4, 0.5) is 0 Å². The van der Waals surface area contributed by atoms with E-state index in [-0.39, 0.29) is 12.0 Å². The van der Waals surface area contributed by atoms with E-state index in [1.807, 2.05) is 19.1 Å². The second kappa shape index (κ2) is 8.56. The summed E-state index contributed by atoms with van der Waals surface area (Å²) >= 11 is 1.66. The van der Waals surface area contributed by atoms with Gasteiger partial charge < -0.3 is 14.6 Å². The van der Waals surface area contributed by atoms with Crippen molar-refractivity contribution in [3.63, 3.8) is 0 Å². The van der Waals surface area contributed by atoms with Crippen molar-refractivity contribution in [1.29, 1.82) is 0 Å². The van der Waals surface area contributed by atoms with Crippen molar-refractivity contribution in [2.45, 2.75) is 25.8 Å². The fourth-order valence-corrected chi connectivity index (χ4v) is 4.30. The molecule has 0 radical (unpaired) electrons. The molecule has 6 heteroatoms. The molecule has 1 aromatic carbocycles. The third kappa shape index (κ3) is 4.02. The Hall–Kier alpha value is -2.05. The molecular weight excluding hydrogens is 350 g/mol. The molecule has 1 aliphatic heterocycles. The number of hydrogen-bond donors (Lipinski definition) is 1. The molecule has 0 amide bonds. The van der Waals surface area contributed by atoms with E-state index in [2.05, 4.69) is 27.8 Å². The van der Waals surface area contributed by atoms with E-state index in [1.165, 1.54) is 5.56 Å². The van der Waals surface area contributed by atoms with Gasteiger partial charge in [0.1, 0.15) is 0 Å². The first-order valence-corrected chi connectivity index (χ1v) is 9.88. The number of carboxylic acids is 1. The minimum Gasteiger partial charge on any atom is -0.493 e. The van der Waals surface area contributed by atoms with Crippen molar-refractivity contribution in [2.24, 2.45) is 5.92 Å². The molecule has 2 aromatic rings. The average Bonchev–Trinajstić information content (AvgIpc) is 3.17. The van der Waals surface area contributed by atoms with Gasteiger partial charge >= 0.3 is 5.97 Å². The number of nitrogens with zero attached hydrogens (tertiary/aromatic N) is 1. The summed E-state index contributed by atoms with van der Waals surface area (Å²) in [7, 11) is 1.64. The number of rotatable bonds is 7. The maximum Gasteiger partial charge on any atom is 0.307 e. The molecule has 2 atom stereocenters. The van der Waals surface area contributed by atoms with E-state index in [1.54, 1.807) is 18.4 Å². The lowest BCUT2D eigenvalue weighted by Gasteiger charge is -2.37.